The number of halogens is 4. The summed E-state index contributed by atoms with van der Waals surface area (Å²) in [5.74, 6) is -2.29. The molecule has 0 saturated heterocycles. The van der Waals surface area contributed by atoms with Crippen molar-refractivity contribution in [2.75, 3.05) is 0 Å². The highest BCUT2D eigenvalue weighted by Gasteiger charge is 2.31. The van der Waals surface area contributed by atoms with E-state index >= 15 is 0 Å². The number of para-hydroxylation sites is 1. The molecule has 2 aromatic rings. The average Bonchev–Trinajstić information content (AvgIpc) is 2.47. The van der Waals surface area contributed by atoms with Crippen LogP contribution in [0.3, 0.4) is 0 Å². The lowest BCUT2D eigenvalue weighted by atomic mass is 10.1. The van der Waals surface area contributed by atoms with Gasteiger partial charge in [0, 0.05) is 0 Å². The number of hydrogen-bond donors (Lipinski definition) is 1. The molecule has 0 aromatic heterocycles. The first-order valence-electron chi connectivity index (χ1n) is 6.16. The van der Waals surface area contributed by atoms with Gasteiger partial charge < -0.3 is 9.84 Å². The number of benzene rings is 2. The van der Waals surface area contributed by atoms with Crippen LogP contribution >= 0.6 is 11.6 Å². The number of hydrogen-bond acceptors (Lipinski definition) is 4. The van der Waals surface area contributed by atoms with Crippen LogP contribution in [0.25, 0.3) is 0 Å². The Morgan fingerprint density at radius 2 is 1.88 bits per heavy atom. The monoisotopic (exact) mass is 361 g/mol. The fourth-order valence-electron chi connectivity index (χ4n) is 1.84. The highest BCUT2D eigenvalue weighted by Crippen LogP contribution is 2.39. The predicted octanol–water partition coefficient (Wildman–Crippen LogP) is 4.76. The van der Waals surface area contributed by atoms with Gasteiger partial charge >= 0.3 is 17.8 Å². The van der Waals surface area contributed by atoms with Gasteiger partial charge in [-0.15, -0.1) is 0 Å². The van der Waals surface area contributed by atoms with Gasteiger partial charge in [0.1, 0.15) is 11.3 Å². The number of alkyl halides is 3. The third-order valence-electron chi connectivity index (χ3n) is 2.89. The predicted molar refractivity (Wildman–Crippen MR) is 76.6 cm³/mol. The Kier molecular flexibility index (Phi) is 4.65. The fraction of sp³-hybridized carbons (Fsp3) is 0.0714. The molecule has 0 radical (unpaired) electrons. The van der Waals surface area contributed by atoms with Gasteiger partial charge in [-0.05, 0) is 30.3 Å². The van der Waals surface area contributed by atoms with Gasteiger partial charge in [0.05, 0.1) is 15.5 Å². The molecule has 0 heterocycles. The lowest BCUT2D eigenvalue weighted by Gasteiger charge is -2.11. The molecule has 0 amide bonds. The number of nitrogens with zero attached hydrogens (tertiary/aromatic N) is 1. The van der Waals surface area contributed by atoms with Crippen LogP contribution in [-0.4, -0.2) is 16.0 Å². The van der Waals surface area contributed by atoms with Crippen LogP contribution in [-0.2, 0) is 6.18 Å². The number of carboxylic acids is 1. The highest BCUT2D eigenvalue weighted by molar-refractivity contribution is 6.32. The van der Waals surface area contributed by atoms with E-state index in [2.05, 4.69) is 0 Å². The molecular formula is C14H7ClF3NO5. The van der Waals surface area contributed by atoms with Crippen LogP contribution in [0.4, 0.5) is 18.9 Å². The number of aromatic carboxylic acids is 1. The molecule has 0 unspecified atom stereocenters. The van der Waals surface area contributed by atoms with Crippen LogP contribution in [0, 0.1) is 10.1 Å². The summed E-state index contributed by atoms with van der Waals surface area (Å²) in [6.07, 6.45) is -4.61. The van der Waals surface area contributed by atoms with Crippen molar-refractivity contribution in [2.24, 2.45) is 0 Å². The van der Waals surface area contributed by atoms with Gasteiger partial charge in [-0.1, -0.05) is 17.7 Å². The molecule has 6 nitrogen and oxygen atoms in total. The quantitative estimate of drug-likeness (QED) is 0.626. The zero-order chi connectivity index (χ0) is 18.1. The molecule has 24 heavy (non-hydrogen) atoms. The average molecular weight is 362 g/mol. The minimum Gasteiger partial charge on any atom is -0.477 e. The zero-order valence-corrected chi connectivity index (χ0v) is 12.3. The van der Waals surface area contributed by atoms with Gasteiger partial charge in [0.2, 0.25) is 5.75 Å². The number of carbonyl (C=O) groups is 1. The lowest BCUT2D eigenvalue weighted by molar-refractivity contribution is -0.386. The Morgan fingerprint density at radius 1 is 1.21 bits per heavy atom. The molecule has 0 spiro atoms. The molecule has 0 fully saturated rings. The normalized spacial score (nSPS) is 11.2. The maximum atomic E-state index is 12.6. The Morgan fingerprint density at radius 3 is 2.38 bits per heavy atom. The number of nitro groups is 1. The topological polar surface area (TPSA) is 89.7 Å². The van der Waals surface area contributed by atoms with Crippen molar-refractivity contribution in [3.63, 3.8) is 0 Å². The molecule has 2 aromatic carbocycles. The largest absolute Gasteiger partial charge is 0.477 e. The summed E-state index contributed by atoms with van der Waals surface area (Å²) in [5.41, 5.74) is -2.48. The summed E-state index contributed by atoms with van der Waals surface area (Å²) in [6, 6.07) is 5.49. The van der Waals surface area contributed by atoms with Crippen LogP contribution in [0.2, 0.25) is 5.02 Å². The van der Waals surface area contributed by atoms with Crippen molar-refractivity contribution in [2.45, 2.75) is 6.18 Å². The van der Waals surface area contributed by atoms with Gasteiger partial charge in [-0.3, -0.25) is 10.1 Å². The summed E-state index contributed by atoms with van der Waals surface area (Å²) in [4.78, 5) is 21.2. The summed E-state index contributed by atoms with van der Waals surface area (Å²) >= 11 is 5.71. The van der Waals surface area contributed by atoms with Crippen molar-refractivity contribution in [1.29, 1.82) is 0 Å². The van der Waals surface area contributed by atoms with E-state index < -0.39 is 44.7 Å². The maximum Gasteiger partial charge on any atom is 0.416 e. The van der Waals surface area contributed by atoms with Crippen molar-refractivity contribution >= 4 is 23.3 Å². The molecule has 0 atom stereocenters. The van der Waals surface area contributed by atoms with Crippen LogP contribution in [0.5, 0.6) is 11.5 Å². The summed E-state index contributed by atoms with van der Waals surface area (Å²) in [5, 5.41) is 19.6. The molecule has 0 aliphatic heterocycles. The van der Waals surface area contributed by atoms with E-state index in [9.17, 15) is 28.1 Å². The van der Waals surface area contributed by atoms with Crippen molar-refractivity contribution < 1.29 is 32.7 Å². The molecule has 2 rings (SSSR count). The van der Waals surface area contributed by atoms with Crippen LogP contribution in [0.1, 0.15) is 15.9 Å². The molecule has 0 aliphatic rings. The van der Waals surface area contributed by atoms with E-state index in [1.165, 1.54) is 6.07 Å². The van der Waals surface area contributed by atoms with Crippen molar-refractivity contribution in [3.05, 3.63) is 62.7 Å². The second kappa shape index (κ2) is 6.36. The first kappa shape index (κ1) is 17.5. The lowest BCUT2D eigenvalue weighted by Crippen LogP contribution is -2.05. The SMILES string of the molecule is O=C(O)c1cccc(Oc2ccc(C(F)(F)F)cc2Cl)c1[N+](=O)[O-]. The molecule has 1 N–H and O–H groups in total. The summed E-state index contributed by atoms with van der Waals surface area (Å²) in [6.45, 7) is 0. The molecule has 10 heteroatoms. The highest BCUT2D eigenvalue weighted by atomic mass is 35.5. The Balaban J connectivity index is 2.47. The molecule has 0 aliphatic carbocycles. The first-order valence-corrected chi connectivity index (χ1v) is 6.54. The third-order valence-corrected chi connectivity index (χ3v) is 3.19. The van der Waals surface area contributed by atoms with Gasteiger partial charge in [-0.2, -0.15) is 13.2 Å². The summed E-state index contributed by atoms with van der Waals surface area (Å²) in [7, 11) is 0. The minimum atomic E-state index is -4.61. The van der Waals surface area contributed by atoms with E-state index in [1.54, 1.807) is 0 Å². The van der Waals surface area contributed by atoms with E-state index in [1.807, 2.05) is 0 Å². The molecule has 0 bridgehead atoms. The number of rotatable bonds is 4. The minimum absolute atomic E-state index is 0.282. The molecule has 126 valence electrons. The standard InChI is InChI=1S/C14H7ClF3NO5/c15-9-6-7(14(16,17)18)4-5-10(9)24-11-3-1-2-8(13(20)21)12(11)19(22)23/h1-6H,(H,20,21). The van der Waals surface area contributed by atoms with E-state index in [0.29, 0.717) is 12.1 Å². The Labute approximate surface area is 137 Å². The van der Waals surface area contributed by atoms with E-state index in [0.717, 1.165) is 18.2 Å². The third kappa shape index (κ3) is 3.57. The number of ether oxygens (including phenoxy) is 1. The maximum absolute atomic E-state index is 12.6. The number of nitro benzene ring substituents is 1. The van der Waals surface area contributed by atoms with Crippen molar-refractivity contribution in [1.82, 2.24) is 0 Å². The number of carboxylic acid groups (broad SMARTS) is 1. The van der Waals surface area contributed by atoms with Crippen LogP contribution in [0.15, 0.2) is 36.4 Å². The van der Waals surface area contributed by atoms with Gasteiger partial charge in [0.25, 0.3) is 0 Å². The smallest absolute Gasteiger partial charge is 0.416 e. The Hall–Kier alpha value is -2.81. The fourth-order valence-corrected chi connectivity index (χ4v) is 2.06. The second-order valence-electron chi connectivity index (χ2n) is 4.46. The second-order valence-corrected chi connectivity index (χ2v) is 4.87. The first-order chi connectivity index (χ1) is 11.1. The van der Waals surface area contributed by atoms with Crippen molar-refractivity contribution in [3.8, 4) is 11.5 Å². The Bertz CT molecular complexity index is 823. The zero-order valence-electron chi connectivity index (χ0n) is 11.5. The molecule has 0 saturated carbocycles. The van der Waals surface area contributed by atoms with Gasteiger partial charge in [-0.25, -0.2) is 4.79 Å². The summed E-state index contributed by atoms with van der Waals surface area (Å²) < 4.78 is 42.9. The van der Waals surface area contributed by atoms with Crippen LogP contribution < -0.4 is 4.74 Å². The van der Waals surface area contributed by atoms with E-state index in [-0.39, 0.29) is 5.75 Å². The van der Waals surface area contributed by atoms with Gasteiger partial charge in [0.15, 0.2) is 0 Å². The molecular weight excluding hydrogens is 355 g/mol. The van der Waals surface area contributed by atoms with E-state index in [4.69, 9.17) is 21.4 Å².